The molecule has 0 saturated carbocycles. The summed E-state index contributed by atoms with van der Waals surface area (Å²) in [4.78, 5) is 29.4. The summed E-state index contributed by atoms with van der Waals surface area (Å²) in [6.45, 7) is 2.36. The van der Waals surface area contributed by atoms with Gasteiger partial charge in [-0.2, -0.15) is 0 Å². The number of amides is 2. The maximum absolute atomic E-state index is 11.9. The van der Waals surface area contributed by atoms with Crippen LogP contribution >= 0.6 is 0 Å². The van der Waals surface area contributed by atoms with E-state index in [4.69, 9.17) is 5.73 Å². The number of guanidine groups is 1. The van der Waals surface area contributed by atoms with E-state index in [1.54, 1.807) is 19.2 Å². The quantitative estimate of drug-likeness (QED) is 0.511. The normalized spacial score (nSPS) is 16.5. The first-order valence-corrected chi connectivity index (χ1v) is 9.73. The van der Waals surface area contributed by atoms with Gasteiger partial charge in [0.05, 0.1) is 6.54 Å². The van der Waals surface area contributed by atoms with Crippen molar-refractivity contribution in [3.8, 4) is 0 Å². The summed E-state index contributed by atoms with van der Waals surface area (Å²) in [5, 5.41) is 5.88. The molecule has 1 heterocycles. The zero-order valence-corrected chi connectivity index (χ0v) is 16.6. The van der Waals surface area contributed by atoms with E-state index in [9.17, 15) is 9.59 Å². The Morgan fingerprint density at radius 1 is 1.10 bits per heavy atom. The molecule has 1 unspecified atom stereocenters. The lowest BCUT2D eigenvalue weighted by molar-refractivity contribution is -0.117. The number of rotatable bonds is 6. The van der Waals surface area contributed by atoms with Crippen molar-refractivity contribution < 1.29 is 9.59 Å². The molecule has 2 amide bonds. The number of primary amides is 1. The Kier molecular flexibility index (Phi) is 6.84. The van der Waals surface area contributed by atoms with Gasteiger partial charge in [0.15, 0.2) is 5.96 Å². The Morgan fingerprint density at radius 2 is 1.83 bits per heavy atom. The average molecular weight is 393 g/mol. The number of carbonyl (C=O) groups is 2. The average Bonchev–Trinajstić information content (AvgIpc) is 3.23. The molecular formula is C22H27N5O2. The van der Waals surface area contributed by atoms with Crippen molar-refractivity contribution in [1.29, 1.82) is 0 Å². The molecule has 1 fully saturated rings. The number of carbonyl (C=O) groups excluding carboxylic acids is 2. The van der Waals surface area contributed by atoms with Gasteiger partial charge in [-0.1, -0.05) is 42.5 Å². The van der Waals surface area contributed by atoms with E-state index in [0.717, 1.165) is 31.0 Å². The third-order valence-corrected chi connectivity index (χ3v) is 5.06. The number of aliphatic imine (C=N–C) groups is 1. The number of likely N-dealkylation sites (tertiary alicyclic amines) is 1. The van der Waals surface area contributed by atoms with Gasteiger partial charge in [0.1, 0.15) is 0 Å². The van der Waals surface area contributed by atoms with Crippen LogP contribution < -0.4 is 16.4 Å². The van der Waals surface area contributed by atoms with Gasteiger partial charge in [0.2, 0.25) is 5.91 Å². The molecule has 1 aliphatic rings. The molecule has 3 rings (SSSR count). The highest BCUT2D eigenvalue weighted by Crippen LogP contribution is 2.26. The molecule has 152 valence electrons. The van der Waals surface area contributed by atoms with E-state index in [0.29, 0.717) is 18.0 Å². The van der Waals surface area contributed by atoms with Gasteiger partial charge < -0.3 is 21.3 Å². The minimum atomic E-state index is -0.568. The standard InChI is InChI=1S/C22H27N5O2/c1-24-22(27-12-11-19(15-27)17-5-3-2-4-6-17)26-13-16-7-9-18(10-8-16)21(29)25-14-20(23)28/h2-10,19H,11-15H2,1H3,(H2,23,28)(H,24,26)(H,25,29). The first kappa shape index (κ1) is 20.4. The van der Waals surface area contributed by atoms with E-state index >= 15 is 0 Å². The number of nitrogens with one attached hydrogen (secondary N) is 2. The number of nitrogens with zero attached hydrogens (tertiary/aromatic N) is 2. The van der Waals surface area contributed by atoms with Crippen LogP contribution in [0.2, 0.25) is 0 Å². The van der Waals surface area contributed by atoms with Crippen LogP contribution in [0.1, 0.15) is 33.8 Å². The molecule has 2 aromatic rings. The summed E-state index contributed by atoms with van der Waals surface area (Å²) < 4.78 is 0. The third kappa shape index (κ3) is 5.57. The molecular weight excluding hydrogens is 366 g/mol. The molecule has 1 atom stereocenters. The molecule has 7 heteroatoms. The number of hydrogen-bond acceptors (Lipinski definition) is 3. The van der Waals surface area contributed by atoms with Crippen molar-refractivity contribution in [2.75, 3.05) is 26.7 Å². The highest BCUT2D eigenvalue weighted by molar-refractivity contribution is 5.96. The van der Waals surface area contributed by atoms with Crippen molar-refractivity contribution in [1.82, 2.24) is 15.5 Å². The van der Waals surface area contributed by atoms with Crippen molar-refractivity contribution in [3.63, 3.8) is 0 Å². The molecule has 0 aliphatic carbocycles. The first-order valence-electron chi connectivity index (χ1n) is 9.73. The van der Waals surface area contributed by atoms with E-state index in [2.05, 4.69) is 44.8 Å². The molecule has 7 nitrogen and oxygen atoms in total. The number of hydrogen-bond donors (Lipinski definition) is 3. The van der Waals surface area contributed by atoms with E-state index in [1.165, 1.54) is 5.56 Å². The second-order valence-electron chi connectivity index (χ2n) is 7.09. The van der Waals surface area contributed by atoms with Crippen LogP contribution in [-0.2, 0) is 11.3 Å². The summed E-state index contributed by atoms with van der Waals surface area (Å²) in [7, 11) is 1.80. The summed E-state index contributed by atoms with van der Waals surface area (Å²) in [5.74, 6) is 0.518. The molecule has 4 N–H and O–H groups in total. The van der Waals surface area contributed by atoms with Crippen LogP contribution in [0.4, 0.5) is 0 Å². The van der Waals surface area contributed by atoms with Crippen LogP contribution in [0.5, 0.6) is 0 Å². The molecule has 1 aliphatic heterocycles. The SMILES string of the molecule is CN=C(NCc1ccc(C(=O)NCC(N)=O)cc1)N1CCC(c2ccccc2)C1. The highest BCUT2D eigenvalue weighted by Gasteiger charge is 2.25. The van der Waals surface area contributed by atoms with Crippen molar-refractivity contribution in [3.05, 3.63) is 71.3 Å². The van der Waals surface area contributed by atoms with Crippen LogP contribution in [-0.4, -0.2) is 49.4 Å². The van der Waals surface area contributed by atoms with E-state index in [1.807, 2.05) is 18.2 Å². The molecule has 0 aromatic heterocycles. The molecule has 2 aromatic carbocycles. The predicted octanol–water partition coefficient (Wildman–Crippen LogP) is 1.47. The topological polar surface area (TPSA) is 99.8 Å². The zero-order chi connectivity index (χ0) is 20.6. The minimum absolute atomic E-state index is 0.168. The van der Waals surface area contributed by atoms with E-state index in [-0.39, 0.29) is 12.5 Å². The Labute approximate surface area is 171 Å². The Hall–Kier alpha value is -3.35. The summed E-state index contributed by atoms with van der Waals surface area (Å²) in [5.41, 5.74) is 7.94. The molecule has 0 bridgehead atoms. The third-order valence-electron chi connectivity index (χ3n) is 5.06. The highest BCUT2D eigenvalue weighted by atomic mass is 16.2. The fraction of sp³-hybridized carbons (Fsp3) is 0.318. The van der Waals surface area contributed by atoms with Crippen molar-refractivity contribution in [2.24, 2.45) is 10.7 Å². The number of nitrogens with two attached hydrogens (primary N) is 1. The van der Waals surface area contributed by atoms with E-state index < -0.39 is 5.91 Å². The number of benzene rings is 2. The first-order chi connectivity index (χ1) is 14.1. The monoisotopic (exact) mass is 393 g/mol. The van der Waals surface area contributed by atoms with Gasteiger partial charge in [-0.3, -0.25) is 14.6 Å². The van der Waals surface area contributed by atoms with Crippen LogP contribution in [0, 0.1) is 0 Å². The molecule has 29 heavy (non-hydrogen) atoms. The van der Waals surface area contributed by atoms with Gasteiger partial charge in [-0.15, -0.1) is 0 Å². The zero-order valence-electron chi connectivity index (χ0n) is 16.6. The summed E-state index contributed by atoms with van der Waals surface area (Å²) >= 11 is 0. The largest absolute Gasteiger partial charge is 0.368 e. The minimum Gasteiger partial charge on any atom is -0.368 e. The fourth-order valence-corrected chi connectivity index (χ4v) is 3.51. The summed E-state index contributed by atoms with van der Waals surface area (Å²) in [6.07, 6.45) is 1.11. The lowest BCUT2D eigenvalue weighted by atomic mass is 9.99. The maximum Gasteiger partial charge on any atom is 0.251 e. The van der Waals surface area contributed by atoms with Crippen LogP contribution in [0.25, 0.3) is 0 Å². The Bertz CT molecular complexity index is 865. The molecule has 0 spiro atoms. The molecule has 1 saturated heterocycles. The van der Waals surface area contributed by atoms with Gasteiger partial charge in [0, 0.05) is 38.2 Å². The van der Waals surface area contributed by atoms with Gasteiger partial charge >= 0.3 is 0 Å². The lowest BCUT2D eigenvalue weighted by Gasteiger charge is -2.22. The second kappa shape index (κ2) is 9.73. The maximum atomic E-state index is 11.9. The Morgan fingerprint density at radius 3 is 2.48 bits per heavy atom. The lowest BCUT2D eigenvalue weighted by Crippen LogP contribution is -2.39. The van der Waals surface area contributed by atoms with Crippen molar-refractivity contribution >= 4 is 17.8 Å². The predicted molar refractivity (Wildman–Crippen MR) is 114 cm³/mol. The molecule has 0 radical (unpaired) electrons. The summed E-state index contributed by atoms with van der Waals surface area (Å²) in [6, 6.07) is 17.8. The van der Waals surface area contributed by atoms with Crippen LogP contribution in [0.15, 0.2) is 59.6 Å². The van der Waals surface area contributed by atoms with Gasteiger partial charge in [-0.25, -0.2) is 0 Å². The van der Waals surface area contributed by atoms with Gasteiger partial charge in [0.25, 0.3) is 5.91 Å². The second-order valence-corrected chi connectivity index (χ2v) is 7.09. The van der Waals surface area contributed by atoms with Crippen LogP contribution in [0.3, 0.4) is 0 Å². The fourth-order valence-electron chi connectivity index (χ4n) is 3.51. The Balaban J connectivity index is 1.52. The van der Waals surface area contributed by atoms with Crippen molar-refractivity contribution in [2.45, 2.75) is 18.9 Å². The van der Waals surface area contributed by atoms with Gasteiger partial charge in [-0.05, 0) is 29.7 Å². The smallest absolute Gasteiger partial charge is 0.251 e.